The standard InChI is InChI=1S/C30H30N4O5/c1-20(8-7-13-27(36)33(16-17-35)19-21-9-3-2-4-10-21)30(39)24-18-22(14-15-26(24)31-29(30)38)34-28(37)23-11-5-6-12-25(23)32-34/h2-12,14-15,18,20,32,35,39H,13,16-17,19H2,1H3,(H,31,38)/b8-7+/t20-,30+/m0/s1. The van der Waals surface area contributed by atoms with Crippen LogP contribution in [0.1, 0.15) is 24.5 Å². The number of anilines is 1. The van der Waals surface area contributed by atoms with Crippen molar-refractivity contribution in [2.45, 2.75) is 25.5 Å². The van der Waals surface area contributed by atoms with Gasteiger partial charge in [0.15, 0.2) is 5.60 Å². The van der Waals surface area contributed by atoms with Crippen molar-refractivity contribution >= 4 is 28.4 Å². The van der Waals surface area contributed by atoms with E-state index in [2.05, 4.69) is 10.4 Å². The molecular formula is C30H30N4O5. The van der Waals surface area contributed by atoms with E-state index in [9.17, 15) is 24.6 Å². The van der Waals surface area contributed by atoms with Gasteiger partial charge in [0.25, 0.3) is 11.5 Å². The van der Waals surface area contributed by atoms with Gasteiger partial charge in [0.2, 0.25) is 5.91 Å². The Labute approximate surface area is 225 Å². The fourth-order valence-electron chi connectivity index (χ4n) is 4.99. The number of aromatic nitrogens is 2. The molecule has 2 heterocycles. The number of H-pyrrole nitrogens is 1. The van der Waals surface area contributed by atoms with E-state index in [1.807, 2.05) is 36.4 Å². The number of nitrogens with one attached hydrogen (secondary N) is 2. The number of nitrogens with zero attached hydrogens (tertiary/aromatic N) is 2. The Morgan fingerprint density at radius 1 is 1.08 bits per heavy atom. The van der Waals surface area contributed by atoms with Crippen molar-refractivity contribution in [2.24, 2.45) is 5.92 Å². The molecule has 3 aromatic carbocycles. The van der Waals surface area contributed by atoms with Crippen molar-refractivity contribution in [3.05, 3.63) is 106 Å². The highest BCUT2D eigenvalue weighted by Crippen LogP contribution is 2.42. The first-order valence-corrected chi connectivity index (χ1v) is 12.8. The maximum atomic E-state index is 13.0. The Bertz CT molecular complexity index is 1610. The number of amides is 2. The number of carbonyl (C=O) groups excluding carboxylic acids is 2. The van der Waals surface area contributed by atoms with Crippen molar-refractivity contribution in [3.8, 4) is 5.69 Å². The van der Waals surface area contributed by atoms with Gasteiger partial charge in [0, 0.05) is 36.7 Å². The monoisotopic (exact) mass is 526 g/mol. The van der Waals surface area contributed by atoms with E-state index in [1.54, 1.807) is 60.4 Å². The van der Waals surface area contributed by atoms with Crippen LogP contribution < -0.4 is 10.9 Å². The molecule has 1 aliphatic rings. The number of hydrogen-bond acceptors (Lipinski definition) is 5. The number of carbonyl (C=O) groups is 2. The van der Waals surface area contributed by atoms with E-state index in [1.165, 1.54) is 4.68 Å². The predicted octanol–water partition coefficient (Wildman–Crippen LogP) is 3.06. The Morgan fingerprint density at radius 3 is 2.56 bits per heavy atom. The largest absolute Gasteiger partial charge is 0.395 e. The summed E-state index contributed by atoms with van der Waals surface area (Å²) < 4.78 is 1.38. The first-order valence-electron chi connectivity index (χ1n) is 12.8. The molecule has 1 aromatic heterocycles. The Morgan fingerprint density at radius 2 is 1.82 bits per heavy atom. The fourth-order valence-corrected chi connectivity index (χ4v) is 4.99. The zero-order valence-corrected chi connectivity index (χ0v) is 21.5. The van der Waals surface area contributed by atoms with Gasteiger partial charge in [-0.25, -0.2) is 4.68 Å². The highest BCUT2D eigenvalue weighted by molar-refractivity contribution is 6.05. The number of rotatable bonds is 9. The number of aliphatic hydroxyl groups is 2. The van der Waals surface area contributed by atoms with Crippen LogP contribution in [0, 0.1) is 5.92 Å². The lowest BCUT2D eigenvalue weighted by Gasteiger charge is -2.26. The SMILES string of the molecule is C[C@@H](/C=C/CC(=O)N(CCO)Cc1ccccc1)[C@]1(O)C(=O)Nc2ccc(-n3[nH]c4ccccc4c3=O)cc21. The van der Waals surface area contributed by atoms with Crippen molar-refractivity contribution in [1.82, 2.24) is 14.7 Å². The van der Waals surface area contributed by atoms with Crippen molar-refractivity contribution in [2.75, 3.05) is 18.5 Å². The van der Waals surface area contributed by atoms with Gasteiger partial charge in [-0.05, 0) is 35.9 Å². The van der Waals surface area contributed by atoms with Crippen LogP contribution in [0.15, 0.2) is 89.7 Å². The summed E-state index contributed by atoms with van der Waals surface area (Å²) in [4.78, 5) is 40.4. The molecule has 0 unspecified atom stereocenters. The lowest BCUT2D eigenvalue weighted by molar-refractivity contribution is -0.137. The Kier molecular flexibility index (Phi) is 7.19. The van der Waals surface area contributed by atoms with Gasteiger partial charge in [0.05, 0.1) is 23.2 Å². The first kappa shape index (κ1) is 26.1. The molecule has 0 bridgehead atoms. The van der Waals surface area contributed by atoms with Gasteiger partial charge in [-0.2, -0.15) is 0 Å². The molecule has 4 aromatic rings. The molecule has 0 saturated carbocycles. The normalized spacial score (nSPS) is 17.4. The van der Waals surface area contributed by atoms with Gasteiger partial charge in [0.1, 0.15) is 0 Å². The summed E-state index contributed by atoms with van der Waals surface area (Å²) in [5.41, 5.74) is 0.798. The van der Waals surface area contributed by atoms with Gasteiger partial charge in [-0.15, -0.1) is 0 Å². The van der Waals surface area contributed by atoms with E-state index in [0.29, 0.717) is 34.4 Å². The minimum absolute atomic E-state index is 0.0478. The fraction of sp³-hybridized carbons (Fsp3) is 0.233. The number of benzene rings is 3. The van der Waals surface area contributed by atoms with Crippen LogP contribution in [0.25, 0.3) is 16.6 Å². The molecule has 1 aliphatic heterocycles. The first-order chi connectivity index (χ1) is 18.8. The molecule has 9 heteroatoms. The maximum Gasteiger partial charge on any atom is 0.279 e. The molecule has 2 atom stereocenters. The predicted molar refractivity (Wildman–Crippen MR) is 148 cm³/mol. The molecule has 2 amide bonds. The van der Waals surface area contributed by atoms with Gasteiger partial charge >= 0.3 is 0 Å². The third-order valence-corrected chi connectivity index (χ3v) is 7.17. The molecule has 4 N–H and O–H groups in total. The van der Waals surface area contributed by atoms with Crippen molar-refractivity contribution in [1.29, 1.82) is 0 Å². The average molecular weight is 527 g/mol. The van der Waals surface area contributed by atoms with Crippen molar-refractivity contribution in [3.63, 3.8) is 0 Å². The van der Waals surface area contributed by atoms with Crippen LogP contribution in [0.4, 0.5) is 5.69 Å². The van der Waals surface area contributed by atoms with Crippen LogP contribution in [0.3, 0.4) is 0 Å². The average Bonchev–Trinajstić information content (AvgIpc) is 3.42. The number of aromatic amines is 1. The lowest BCUT2D eigenvalue weighted by atomic mass is 9.82. The van der Waals surface area contributed by atoms with Gasteiger partial charge in [-0.3, -0.25) is 19.5 Å². The minimum Gasteiger partial charge on any atom is -0.395 e. The van der Waals surface area contributed by atoms with Gasteiger partial charge < -0.3 is 20.4 Å². The van der Waals surface area contributed by atoms with E-state index in [0.717, 1.165) is 5.56 Å². The lowest BCUT2D eigenvalue weighted by Crippen LogP contribution is -2.40. The third kappa shape index (κ3) is 4.89. The summed E-state index contributed by atoms with van der Waals surface area (Å²) in [6.45, 7) is 2.12. The minimum atomic E-state index is -1.89. The summed E-state index contributed by atoms with van der Waals surface area (Å²) in [7, 11) is 0. The second-order valence-electron chi connectivity index (χ2n) is 9.69. The van der Waals surface area contributed by atoms with Crippen LogP contribution >= 0.6 is 0 Å². The van der Waals surface area contributed by atoms with Crippen LogP contribution in [-0.2, 0) is 21.7 Å². The molecule has 39 heavy (non-hydrogen) atoms. The smallest absolute Gasteiger partial charge is 0.279 e. The van der Waals surface area contributed by atoms with Crippen LogP contribution in [-0.4, -0.2) is 49.9 Å². The topological polar surface area (TPSA) is 128 Å². The molecule has 0 aliphatic carbocycles. The zero-order valence-electron chi connectivity index (χ0n) is 21.5. The highest BCUT2D eigenvalue weighted by Gasteiger charge is 2.48. The highest BCUT2D eigenvalue weighted by atomic mass is 16.3. The molecule has 200 valence electrons. The second kappa shape index (κ2) is 10.7. The van der Waals surface area contributed by atoms with E-state index in [4.69, 9.17) is 0 Å². The van der Waals surface area contributed by atoms with Crippen LogP contribution in [0.5, 0.6) is 0 Å². The third-order valence-electron chi connectivity index (χ3n) is 7.17. The number of para-hydroxylation sites is 1. The summed E-state index contributed by atoms with van der Waals surface area (Å²) in [6.07, 6.45) is 3.33. The molecule has 0 fully saturated rings. The Balaban J connectivity index is 1.36. The molecule has 0 spiro atoms. The van der Waals surface area contributed by atoms with E-state index < -0.39 is 17.4 Å². The zero-order chi connectivity index (χ0) is 27.6. The molecule has 9 nitrogen and oxygen atoms in total. The van der Waals surface area contributed by atoms with Crippen LogP contribution in [0.2, 0.25) is 0 Å². The molecule has 0 saturated heterocycles. The molecule has 0 radical (unpaired) electrons. The summed E-state index contributed by atoms with van der Waals surface area (Å²) in [6, 6.07) is 21.7. The second-order valence-corrected chi connectivity index (χ2v) is 9.69. The quantitative estimate of drug-likeness (QED) is 0.249. The number of aliphatic hydroxyl groups excluding tert-OH is 1. The van der Waals surface area contributed by atoms with Gasteiger partial charge in [-0.1, -0.05) is 61.5 Å². The summed E-state index contributed by atoms with van der Waals surface area (Å²) in [5, 5.41) is 27.4. The number of hydrogen-bond donors (Lipinski definition) is 4. The molecular weight excluding hydrogens is 496 g/mol. The maximum absolute atomic E-state index is 13.0. The Hall–Kier alpha value is -4.47. The van der Waals surface area contributed by atoms with E-state index >= 15 is 0 Å². The van der Waals surface area contributed by atoms with E-state index in [-0.39, 0.29) is 31.0 Å². The van der Waals surface area contributed by atoms with Crippen molar-refractivity contribution < 1.29 is 19.8 Å². The summed E-state index contributed by atoms with van der Waals surface area (Å²) in [5.74, 6) is -1.44. The molecule has 5 rings (SSSR count). The summed E-state index contributed by atoms with van der Waals surface area (Å²) >= 11 is 0. The number of fused-ring (bicyclic) bond motifs is 2.